The molecular weight excluding hydrogens is 446 g/mol. The van der Waals surface area contributed by atoms with Gasteiger partial charge in [-0.25, -0.2) is 14.4 Å². The fraction of sp³-hybridized carbons (Fsp3) is 0.0476. The normalized spacial score (nSPS) is 10.8. The maximum absolute atomic E-state index is 13.3. The number of halogens is 3. The number of benzene rings is 3. The van der Waals surface area contributed by atoms with Crippen LogP contribution in [0.5, 0.6) is 5.75 Å². The van der Waals surface area contributed by atoms with E-state index in [0.29, 0.717) is 38.7 Å². The molecule has 0 aliphatic carbocycles. The van der Waals surface area contributed by atoms with Crippen molar-refractivity contribution < 1.29 is 14.1 Å². The largest absolute Gasteiger partial charge is 0.487 e. The Bertz CT molecular complexity index is 1300. The number of aromatic nitrogens is 2. The molecule has 7 nitrogen and oxygen atoms in total. The van der Waals surface area contributed by atoms with Gasteiger partial charge in [-0.1, -0.05) is 35.3 Å². The summed E-state index contributed by atoms with van der Waals surface area (Å²) < 4.78 is 19.0. The molecule has 10 heteroatoms. The standard InChI is InChI=1S/C21H13Cl2FN4O3/c22-16-9-18-15(8-19(16)28(29)30)21(26-11-25-18)27-14-4-5-20(17(23)7-14)31-10-12-2-1-3-13(24)6-12/h1-9,11H,10H2,(H,25,26,27). The zero-order valence-electron chi connectivity index (χ0n) is 15.7. The summed E-state index contributed by atoms with van der Waals surface area (Å²) in [6, 6.07) is 13.8. The highest BCUT2D eigenvalue weighted by atomic mass is 35.5. The Morgan fingerprint density at radius 2 is 1.90 bits per heavy atom. The molecule has 4 rings (SSSR count). The molecule has 1 N–H and O–H groups in total. The van der Waals surface area contributed by atoms with Gasteiger partial charge in [-0.2, -0.15) is 0 Å². The molecule has 0 aliphatic rings. The lowest BCUT2D eigenvalue weighted by Gasteiger charge is -2.12. The average Bonchev–Trinajstić information content (AvgIpc) is 2.73. The molecule has 0 bridgehead atoms. The van der Waals surface area contributed by atoms with Crippen LogP contribution in [0, 0.1) is 15.9 Å². The smallest absolute Gasteiger partial charge is 0.288 e. The number of nitro groups is 1. The predicted molar refractivity (Wildman–Crippen MR) is 117 cm³/mol. The number of nitro benzene ring substituents is 1. The maximum atomic E-state index is 13.3. The minimum atomic E-state index is -0.569. The summed E-state index contributed by atoms with van der Waals surface area (Å²) >= 11 is 12.3. The average molecular weight is 459 g/mol. The summed E-state index contributed by atoms with van der Waals surface area (Å²) in [6.07, 6.45) is 1.32. The van der Waals surface area contributed by atoms with Crippen LogP contribution in [0.25, 0.3) is 10.9 Å². The molecule has 156 valence electrons. The highest BCUT2D eigenvalue weighted by Crippen LogP contribution is 2.34. The number of nitrogens with zero attached hydrogens (tertiary/aromatic N) is 3. The predicted octanol–water partition coefficient (Wildman–Crippen LogP) is 6.31. The van der Waals surface area contributed by atoms with Gasteiger partial charge in [-0.05, 0) is 42.0 Å². The Morgan fingerprint density at radius 3 is 2.65 bits per heavy atom. The lowest BCUT2D eigenvalue weighted by atomic mass is 10.2. The van der Waals surface area contributed by atoms with E-state index >= 15 is 0 Å². The minimum Gasteiger partial charge on any atom is -0.487 e. The van der Waals surface area contributed by atoms with Gasteiger partial charge in [-0.15, -0.1) is 0 Å². The molecule has 0 unspecified atom stereocenters. The van der Waals surface area contributed by atoms with Crippen molar-refractivity contribution in [2.75, 3.05) is 5.32 Å². The molecule has 31 heavy (non-hydrogen) atoms. The van der Waals surface area contributed by atoms with E-state index in [4.69, 9.17) is 27.9 Å². The zero-order chi connectivity index (χ0) is 22.0. The second-order valence-electron chi connectivity index (χ2n) is 6.49. The summed E-state index contributed by atoms with van der Waals surface area (Å²) in [7, 11) is 0. The molecule has 1 aromatic heterocycles. The summed E-state index contributed by atoms with van der Waals surface area (Å²) in [4.78, 5) is 18.9. The number of ether oxygens (including phenoxy) is 1. The van der Waals surface area contributed by atoms with Gasteiger partial charge in [0.05, 0.1) is 15.5 Å². The van der Waals surface area contributed by atoms with E-state index in [1.807, 2.05) is 0 Å². The number of rotatable bonds is 6. The fourth-order valence-electron chi connectivity index (χ4n) is 2.93. The van der Waals surface area contributed by atoms with Crippen LogP contribution in [0.4, 0.5) is 21.6 Å². The van der Waals surface area contributed by atoms with Gasteiger partial charge in [0.25, 0.3) is 5.69 Å². The number of fused-ring (bicyclic) bond motifs is 1. The van der Waals surface area contributed by atoms with Crippen LogP contribution in [0.3, 0.4) is 0 Å². The highest BCUT2D eigenvalue weighted by molar-refractivity contribution is 6.33. The van der Waals surface area contributed by atoms with Crippen molar-refractivity contribution in [3.8, 4) is 5.75 Å². The first-order chi connectivity index (χ1) is 14.9. The summed E-state index contributed by atoms with van der Waals surface area (Å²) in [5, 5.41) is 15.0. The third kappa shape index (κ3) is 4.65. The number of hydrogen-bond acceptors (Lipinski definition) is 6. The van der Waals surface area contributed by atoms with Crippen molar-refractivity contribution in [1.29, 1.82) is 0 Å². The van der Waals surface area contributed by atoms with E-state index in [2.05, 4.69) is 15.3 Å². The molecular formula is C21H13Cl2FN4O3. The van der Waals surface area contributed by atoms with Gasteiger partial charge < -0.3 is 10.1 Å². The number of nitrogens with one attached hydrogen (secondary N) is 1. The third-order valence-electron chi connectivity index (χ3n) is 4.38. The van der Waals surface area contributed by atoms with Gasteiger partial charge in [0.15, 0.2) is 0 Å². The lowest BCUT2D eigenvalue weighted by molar-refractivity contribution is -0.384. The molecule has 0 saturated heterocycles. The van der Waals surface area contributed by atoms with E-state index in [1.165, 1.54) is 30.6 Å². The van der Waals surface area contributed by atoms with Crippen LogP contribution in [0.15, 0.2) is 60.9 Å². The molecule has 4 aromatic rings. The van der Waals surface area contributed by atoms with E-state index in [9.17, 15) is 14.5 Å². The Labute approximate surface area is 185 Å². The van der Waals surface area contributed by atoms with E-state index in [-0.39, 0.29) is 23.1 Å². The van der Waals surface area contributed by atoms with Crippen LogP contribution in [0.2, 0.25) is 10.0 Å². The molecule has 1 heterocycles. The van der Waals surface area contributed by atoms with Crippen molar-refractivity contribution >= 4 is 51.3 Å². The van der Waals surface area contributed by atoms with Crippen molar-refractivity contribution in [3.63, 3.8) is 0 Å². The van der Waals surface area contributed by atoms with E-state index < -0.39 is 4.92 Å². The Kier molecular flexibility index (Phi) is 5.83. The van der Waals surface area contributed by atoms with Crippen LogP contribution in [0.1, 0.15) is 5.56 Å². The van der Waals surface area contributed by atoms with Crippen molar-refractivity contribution in [2.45, 2.75) is 6.61 Å². The molecule has 3 aromatic carbocycles. The van der Waals surface area contributed by atoms with Crippen LogP contribution < -0.4 is 10.1 Å². The quantitative estimate of drug-likeness (QED) is 0.269. The SMILES string of the molecule is O=[N+]([O-])c1cc2c(Nc3ccc(OCc4cccc(F)c4)c(Cl)c3)ncnc2cc1Cl. The number of hydrogen-bond donors (Lipinski definition) is 1. The molecule has 0 aliphatic heterocycles. The Balaban J connectivity index is 1.57. The topological polar surface area (TPSA) is 90.2 Å². The second-order valence-corrected chi connectivity index (χ2v) is 7.30. The second kappa shape index (κ2) is 8.71. The fourth-order valence-corrected chi connectivity index (χ4v) is 3.39. The first-order valence-corrected chi connectivity index (χ1v) is 9.69. The Hall–Kier alpha value is -3.49. The van der Waals surface area contributed by atoms with E-state index in [0.717, 1.165) is 0 Å². The van der Waals surface area contributed by atoms with Gasteiger partial charge >= 0.3 is 0 Å². The zero-order valence-corrected chi connectivity index (χ0v) is 17.2. The van der Waals surface area contributed by atoms with Crippen molar-refractivity contribution in [1.82, 2.24) is 9.97 Å². The van der Waals surface area contributed by atoms with Crippen LogP contribution in [-0.2, 0) is 6.61 Å². The monoisotopic (exact) mass is 458 g/mol. The molecule has 0 atom stereocenters. The molecule has 0 amide bonds. The molecule has 0 spiro atoms. The number of anilines is 2. The minimum absolute atomic E-state index is 0.00927. The first kappa shape index (κ1) is 20.8. The molecule has 0 radical (unpaired) electrons. The summed E-state index contributed by atoms with van der Waals surface area (Å²) in [5.74, 6) is 0.436. The van der Waals surface area contributed by atoms with Gasteiger partial charge in [-0.3, -0.25) is 10.1 Å². The first-order valence-electron chi connectivity index (χ1n) is 8.93. The summed E-state index contributed by atoms with van der Waals surface area (Å²) in [6.45, 7) is 0.158. The Morgan fingerprint density at radius 1 is 1.06 bits per heavy atom. The van der Waals surface area contributed by atoms with Crippen molar-refractivity contribution in [2.24, 2.45) is 0 Å². The van der Waals surface area contributed by atoms with E-state index in [1.54, 1.807) is 30.3 Å². The van der Waals surface area contributed by atoms with Crippen molar-refractivity contribution in [3.05, 3.63) is 92.5 Å². The van der Waals surface area contributed by atoms with Gasteiger partial charge in [0.2, 0.25) is 0 Å². The molecule has 0 fully saturated rings. The molecule has 0 saturated carbocycles. The summed E-state index contributed by atoms with van der Waals surface area (Å²) in [5.41, 5.74) is 1.46. The lowest BCUT2D eigenvalue weighted by Crippen LogP contribution is -1.99. The third-order valence-corrected chi connectivity index (χ3v) is 4.98. The van der Waals surface area contributed by atoms with Crippen LogP contribution in [-0.4, -0.2) is 14.9 Å². The van der Waals surface area contributed by atoms with Crippen LogP contribution >= 0.6 is 23.2 Å². The highest BCUT2D eigenvalue weighted by Gasteiger charge is 2.16. The van der Waals surface area contributed by atoms with Gasteiger partial charge in [0, 0.05) is 17.1 Å². The maximum Gasteiger partial charge on any atom is 0.288 e. The van der Waals surface area contributed by atoms with Gasteiger partial charge in [0.1, 0.15) is 35.3 Å².